The van der Waals surface area contributed by atoms with Crippen LogP contribution in [-0.4, -0.2) is 35.9 Å². The number of anilines is 2. The van der Waals surface area contributed by atoms with Gasteiger partial charge in [-0.2, -0.15) is 10.2 Å². The molecular formula is C27H30F2N8O. The third kappa shape index (κ3) is 5.56. The molecule has 3 N–H and O–H groups in total. The largest absolute Gasteiger partial charge is 0.349 e. The van der Waals surface area contributed by atoms with Gasteiger partial charge in [-0.1, -0.05) is 6.07 Å². The van der Waals surface area contributed by atoms with E-state index in [2.05, 4.69) is 35.9 Å². The summed E-state index contributed by atoms with van der Waals surface area (Å²) in [6.45, 7) is 5.68. The number of nitrogens with zero attached hydrogens (tertiary/aromatic N) is 5. The number of aromatic amines is 1. The molecule has 4 aromatic heterocycles. The predicted octanol–water partition coefficient (Wildman–Crippen LogP) is 5.12. The van der Waals surface area contributed by atoms with Gasteiger partial charge in [0.05, 0.1) is 24.1 Å². The topological polar surface area (TPSA) is 113 Å². The standard InChI is InChI=1S/C27H30F2N8O/c1-16-10-22(33-23(11-16)34-24-12-17(2)35-36-24)27(29)8-6-19(7-9-27)26(38)32-18(3)20-4-5-25(30-13-20)37-15-21(28)14-31-37/h4-5,10-15,18-19H,6-9H2,1-3H3,(H,32,38)(H2,33,34,35,36)/t18-,19?,27?/m1/s1. The van der Waals surface area contributed by atoms with Gasteiger partial charge in [0.25, 0.3) is 0 Å². The Kier molecular flexibility index (Phi) is 6.92. The van der Waals surface area contributed by atoms with Crippen molar-refractivity contribution in [2.24, 2.45) is 5.92 Å². The number of amides is 1. The maximum atomic E-state index is 16.1. The van der Waals surface area contributed by atoms with Crippen molar-refractivity contribution in [3.05, 3.63) is 77.3 Å². The number of aromatic nitrogens is 6. The summed E-state index contributed by atoms with van der Waals surface area (Å²) in [7, 11) is 0. The minimum Gasteiger partial charge on any atom is -0.349 e. The molecular weight excluding hydrogens is 490 g/mol. The molecule has 4 heterocycles. The van der Waals surface area contributed by atoms with E-state index in [1.54, 1.807) is 18.3 Å². The van der Waals surface area contributed by atoms with Crippen LogP contribution in [0.1, 0.15) is 61.2 Å². The lowest BCUT2D eigenvalue weighted by Gasteiger charge is -2.33. The number of nitrogens with one attached hydrogen (secondary N) is 3. The third-order valence-electron chi connectivity index (χ3n) is 6.96. The number of carbonyl (C=O) groups is 1. The molecule has 0 unspecified atom stereocenters. The highest BCUT2D eigenvalue weighted by Crippen LogP contribution is 2.43. The van der Waals surface area contributed by atoms with E-state index in [0.29, 0.717) is 36.0 Å². The van der Waals surface area contributed by atoms with Gasteiger partial charge in [-0.25, -0.2) is 23.4 Å². The van der Waals surface area contributed by atoms with E-state index in [-0.39, 0.29) is 30.7 Å². The summed E-state index contributed by atoms with van der Waals surface area (Å²) >= 11 is 0. The molecule has 0 aliphatic heterocycles. The molecule has 0 radical (unpaired) electrons. The average Bonchev–Trinajstić information content (AvgIpc) is 3.51. The van der Waals surface area contributed by atoms with Crippen LogP contribution < -0.4 is 10.6 Å². The Hall–Kier alpha value is -4.15. The van der Waals surface area contributed by atoms with Gasteiger partial charge in [0.15, 0.2) is 23.1 Å². The summed E-state index contributed by atoms with van der Waals surface area (Å²) in [6.07, 6.45) is 5.27. The van der Waals surface area contributed by atoms with Gasteiger partial charge < -0.3 is 10.6 Å². The molecule has 11 heteroatoms. The highest BCUT2D eigenvalue weighted by atomic mass is 19.1. The Labute approximate surface area is 219 Å². The molecule has 1 amide bonds. The van der Waals surface area contributed by atoms with Crippen molar-refractivity contribution < 1.29 is 13.6 Å². The Morgan fingerprint density at radius 2 is 1.95 bits per heavy atom. The first-order valence-corrected chi connectivity index (χ1v) is 12.6. The fraction of sp³-hybridized carbons (Fsp3) is 0.370. The number of carbonyl (C=O) groups excluding carboxylic acids is 1. The number of hydrogen-bond acceptors (Lipinski definition) is 6. The van der Waals surface area contributed by atoms with Crippen molar-refractivity contribution in [1.29, 1.82) is 0 Å². The van der Waals surface area contributed by atoms with Crippen molar-refractivity contribution in [2.45, 2.75) is 58.2 Å². The molecule has 1 aliphatic carbocycles. The summed E-state index contributed by atoms with van der Waals surface area (Å²) in [5.74, 6) is 0.802. The molecule has 1 fully saturated rings. The quantitative estimate of drug-likeness (QED) is 0.312. The SMILES string of the molecule is Cc1cc(Nc2cc(C)[nH]n2)nc(C2(F)CCC(C(=O)N[C@H](C)c3ccc(-n4cc(F)cn4)nc3)CC2)c1. The zero-order valence-corrected chi connectivity index (χ0v) is 21.5. The van der Waals surface area contributed by atoms with Gasteiger partial charge in [0, 0.05) is 23.9 Å². The zero-order valence-electron chi connectivity index (χ0n) is 21.5. The number of rotatable bonds is 7. The average molecular weight is 521 g/mol. The van der Waals surface area contributed by atoms with Gasteiger partial charge in [-0.3, -0.25) is 9.89 Å². The van der Waals surface area contributed by atoms with Crippen LogP contribution in [0.4, 0.5) is 20.4 Å². The summed E-state index contributed by atoms with van der Waals surface area (Å²) in [4.78, 5) is 21.8. The van der Waals surface area contributed by atoms with Crippen LogP contribution in [0, 0.1) is 25.6 Å². The predicted molar refractivity (Wildman–Crippen MR) is 138 cm³/mol. The summed E-state index contributed by atoms with van der Waals surface area (Å²) in [6, 6.07) is 8.73. The smallest absolute Gasteiger partial charge is 0.223 e. The Morgan fingerprint density at radius 3 is 2.58 bits per heavy atom. The lowest BCUT2D eigenvalue weighted by molar-refractivity contribution is -0.127. The van der Waals surface area contributed by atoms with Crippen LogP contribution >= 0.6 is 0 Å². The van der Waals surface area contributed by atoms with Crippen molar-refractivity contribution in [2.75, 3.05) is 5.32 Å². The molecule has 9 nitrogen and oxygen atoms in total. The van der Waals surface area contributed by atoms with Gasteiger partial charge in [-0.15, -0.1) is 0 Å². The molecule has 4 aromatic rings. The lowest BCUT2D eigenvalue weighted by atomic mass is 9.77. The van der Waals surface area contributed by atoms with Crippen LogP contribution in [0.2, 0.25) is 0 Å². The fourth-order valence-electron chi connectivity index (χ4n) is 4.80. The zero-order chi connectivity index (χ0) is 26.9. The van der Waals surface area contributed by atoms with Gasteiger partial charge in [-0.05, 0) is 75.8 Å². The van der Waals surface area contributed by atoms with Crippen LogP contribution in [0.25, 0.3) is 5.82 Å². The van der Waals surface area contributed by atoms with Gasteiger partial charge in [0.1, 0.15) is 5.82 Å². The Balaban J connectivity index is 1.19. The molecule has 0 spiro atoms. The molecule has 198 valence electrons. The molecule has 0 saturated heterocycles. The second-order valence-corrected chi connectivity index (χ2v) is 10.00. The Morgan fingerprint density at radius 1 is 1.16 bits per heavy atom. The molecule has 0 aromatic carbocycles. The molecule has 1 atom stereocenters. The monoisotopic (exact) mass is 520 g/mol. The van der Waals surface area contributed by atoms with E-state index in [0.717, 1.165) is 23.0 Å². The van der Waals surface area contributed by atoms with E-state index < -0.39 is 11.5 Å². The van der Waals surface area contributed by atoms with Gasteiger partial charge >= 0.3 is 0 Å². The molecule has 38 heavy (non-hydrogen) atoms. The highest BCUT2D eigenvalue weighted by molar-refractivity contribution is 5.79. The summed E-state index contributed by atoms with van der Waals surface area (Å²) < 4.78 is 30.6. The number of hydrogen-bond donors (Lipinski definition) is 3. The van der Waals surface area contributed by atoms with Crippen molar-refractivity contribution >= 4 is 17.5 Å². The van der Waals surface area contributed by atoms with Crippen LogP contribution in [-0.2, 0) is 10.5 Å². The summed E-state index contributed by atoms with van der Waals surface area (Å²) in [5.41, 5.74) is 1.39. The Bertz CT molecular complexity index is 1420. The molecule has 1 saturated carbocycles. The van der Waals surface area contributed by atoms with Crippen LogP contribution in [0.5, 0.6) is 0 Å². The fourth-order valence-corrected chi connectivity index (χ4v) is 4.80. The van der Waals surface area contributed by atoms with Crippen LogP contribution in [0.15, 0.2) is 48.9 Å². The van der Waals surface area contributed by atoms with E-state index in [1.807, 2.05) is 39.0 Å². The second kappa shape index (κ2) is 10.3. The molecule has 1 aliphatic rings. The minimum absolute atomic E-state index is 0.105. The lowest BCUT2D eigenvalue weighted by Crippen LogP contribution is -2.38. The van der Waals surface area contributed by atoms with Gasteiger partial charge in [0.2, 0.25) is 5.91 Å². The maximum Gasteiger partial charge on any atom is 0.223 e. The van der Waals surface area contributed by atoms with Crippen LogP contribution in [0.3, 0.4) is 0 Å². The van der Waals surface area contributed by atoms with E-state index >= 15 is 4.39 Å². The molecule has 5 rings (SSSR count). The number of H-pyrrole nitrogens is 1. The first-order chi connectivity index (χ1) is 18.2. The highest BCUT2D eigenvalue weighted by Gasteiger charge is 2.40. The third-order valence-corrected chi connectivity index (χ3v) is 6.96. The van der Waals surface area contributed by atoms with Crippen molar-refractivity contribution in [3.8, 4) is 5.82 Å². The number of halogens is 2. The van der Waals surface area contributed by atoms with E-state index in [1.165, 1.54) is 10.9 Å². The maximum absolute atomic E-state index is 16.1. The minimum atomic E-state index is -1.60. The van der Waals surface area contributed by atoms with E-state index in [4.69, 9.17) is 0 Å². The van der Waals surface area contributed by atoms with E-state index in [9.17, 15) is 9.18 Å². The summed E-state index contributed by atoms with van der Waals surface area (Å²) in [5, 5.41) is 17.1. The number of aryl methyl sites for hydroxylation is 2. The number of pyridine rings is 2. The first-order valence-electron chi connectivity index (χ1n) is 12.6. The van der Waals surface area contributed by atoms with Crippen molar-refractivity contribution in [3.63, 3.8) is 0 Å². The molecule has 0 bridgehead atoms. The first kappa shape index (κ1) is 25.5. The van der Waals surface area contributed by atoms with Crippen molar-refractivity contribution in [1.82, 2.24) is 35.3 Å². The second-order valence-electron chi connectivity index (χ2n) is 10.00. The normalized spacial score (nSPS) is 20.2. The number of alkyl halides is 1.